The van der Waals surface area contributed by atoms with Gasteiger partial charge in [0.05, 0.1) is 13.5 Å². The topological polar surface area (TPSA) is 138 Å². The fraction of sp³-hybridized carbons (Fsp3) is 0.146. The molecule has 52 heavy (non-hydrogen) atoms. The van der Waals surface area contributed by atoms with E-state index in [-0.39, 0.29) is 24.4 Å². The molecule has 1 aromatic heterocycles. The largest absolute Gasteiger partial charge is 0.497 e. The highest BCUT2D eigenvalue weighted by molar-refractivity contribution is 5.97. The summed E-state index contributed by atoms with van der Waals surface area (Å²) in [6.45, 7) is 0.866. The molecule has 10 nitrogen and oxygen atoms in total. The van der Waals surface area contributed by atoms with Crippen LogP contribution in [0.15, 0.2) is 115 Å². The van der Waals surface area contributed by atoms with Crippen LogP contribution in [0.1, 0.15) is 32.6 Å². The molecule has 0 fully saturated rings. The summed E-state index contributed by atoms with van der Waals surface area (Å²) in [6.07, 6.45) is -0.0464. The van der Waals surface area contributed by atoms with Gasteiger partial charge in [0.25, 0.3) is 5.91 Å². The van der Waals surface area contributed by atoms with Gasteiger partial charge in [0, 0.05) is 28.9 Å². The third kappa shape index (κ3) is 8.56. The minimum atomic E-state index is -1.15. The number of carboxylic acids is 1. The van der Waals surface area contributed by atoms with Crippen molar-refractivity contribution in [1.82, 2.24) is 20.1 Å². The van der Waals surface area contributed by atoms with E-state index in [1.165, 1.54) is 29.7 Å². The molecule has 1 heterocycles. The maximum Gasteiger partial charge on any atom is 0.323 e. The van der Waals surface area contributed by atoms with Gasteiger partial charge in [0.2, 0.25) is 5.91 Å². The number of nitrogens with zero attached hydrogens (tertiary/aromatic N) is 3. The molecular weight excluding hydrogens is 661 g/mol. The fourth-order valence-electron chi connectivity index (χ4n) is 5.71. The number of hydrogen-bond acceptors (Lipinski definition) is 6. The zero-order valence-corrected chi connectivity index (χ0v) is 28.6. The van der Waals surface area contributed by atoms with Gasteiger partial charge >= 0.3 is 5.97 Å². The molecule has 0 aliphatic rings. The van der Waals surface area contributed by atoms with Crippen molar-refractivity contribution in [2.75, 3.05) is 19.0 Å². The lowest BCUT2D eigenvalue weighted by molar-refractivity contribution is -0.137. The molecule has 0 aliphatic carbocycles. The molecule has 0 saturated carbocycles. The average Bonchev–Trinajstić information content (AvgIpc) is 3.66. The Morgan fingerprint density at radius 1 is 0.808 bits per heavy atom. The van der Waals surface area contributed by atoms with Crippen molar-refractivity contribution in [2.45, 2.75) is 26.6 Å². The number of anilines is 1. The van der Waals surface area contributed by atoms with Crippen LogP contribution in [0.4, 0.5) is 10.1 Å². The molecule has 6 rings (SSSR count). The molecule has 3 N–H and O–H groups in total. The normalized spacial score (nSPS) is 10.8. The summed E-state index contributed by atoms with van der Waals surface area (Å²) >= 11 is 0. The van der Waals surface area contributed by atoms with E-state index in [0.717, 1.165) is 27.8 Å². The van der Waals surface area contributed by atoms with Crippen LogP contribution in [-0.2, 0) is 29.2 Å². The molecule has 262 valence electrons. The van der Waals surface area contributed by atoms with Crippen LogP contribution in [0.25, 0.3) is 33.9 Å². The van der Waals surface area contributed by atoms with Crippen LogP contribution in [-0.4, -0.2) is 56.6 Å². The Bertz CT molecular complexity index is 2180. The smallest absolute Gasteiger partial charge is 0.323 e. The number of aliphatic carboxylic acids is 1. The number of methoxy groups -OCH3 is 1. The molecule has 0 atom stereocenters. The molecule has 5 aromatic carbocycles. The molecule has 6 aromatic rings. The van der Waals surface area contributed by atoms with E-state index in [1.807, 2.05) is 36.4 Å². The van der Waals surface area contributed by atoms with Gasteiger partial charge < -0.3 is 20.1 Å². The number of aromatic nitrogens is 3. The minimum Gasteiger partial charge on any atom is -0.497 e. The first-order valence-electron chi connectivity index (χ1n) is 16.5. The zero-order valence-electron chi connectivity index (χ0n) is 28.6. The molecule has 11 heteroatoms. The Morgan fingerprint density at radius 3 is 2.08 bits per heavy atom. The predicted octanol–water partition coefficient (Wildman–Crippen LogP) is 7.50. The summed E-state index contributed by atoms with van der Waals surface area (Å²) < 4.78 is 18.6. The zero-order chi connectivity index (χ0) is 36.6. The molecule has 0 spiro atoms. The molecule has 0 aliphatic heterocycles. The number of nitrogens with one attached hydrogen (secondary N) is 2. The number of amides is 2. The van der Waals surface area contributed by atoms with E-state index in [2.05, 4.69) is 51.7 Å². The number of aryl methyl sites for hydroxylation is 1. The number of carbonyl (C=O) groups excluding carboxylic acids is 2. The number of ether oxygens (including phenoxy) is 1. The van der Waals surface area contributed by atoms with Gasteiger partial charge in [-0.3, -0.25) is 19.5 Å². The molecule has 0 unspecified atom stereocenters. The minimum absolute atomic E-state index is 0.0464. The maximum absolute atomic E-state index is 13.5. The van der Waals surface area contributed by atoms with Crippen LogP contribution < -0.4 is 10.1 Å². The van der Waals surface area contributed by atoms with Crippen LogP contribution in [0.2, 0.25) is 0 Å². The second kappa shape index (κ2) is 15.9. The summed E-state index contributed by atoms with van der Waals surface area (Å²) in [4.78, 5) is 43.7. The summed E-state index contributed by atoms with van der Waals surface area (Å²) in [7, 11) is 1.49. The number of H-pyrrole nitrogens is 1. The first-order chi connectivity index (χ1) is 25.2. The van der Waals surface area contributed by atoms with Crippen LogP contribution in [0, 0.1) is 6.92 Å². The van der Waals surface area contributed by atoms with Gasteiger partial charge in [-0.15, -0.1) is 0 Å². The van der Waals surface area contributed by atoms with Gasteiger partial charge in [0.1, 0.15) is 19.0 Å². The number of rotatable bonds is 13. The number of aromatic amines is 1. The highest BCUT2D eigenvalue weighted by atomic mass is 19.1. The van der Waals surface area contributed by atoms with Crippen LogP contribution in [0.3, 0.4) is 0 Å². The van der Waals surface area contributed by atoms with Crippen molar-refractivity contribution in [2.24, 2.45) is 0 Å². The van der Waals surface area contributed by atoms with E-state index < -0.39 is 25.1 Å². The summed E-state index contributed by atoms with van der Waals surface area (Å²) in [5.41, 5.74) is 7.41. The fourth-order valence-corrected chi connectivity index (χ4v) is 5.71. The first kappa shape index (κ1) is 35.2. The summed E-state index contributed by atoms with van der Waals surface area (Å²) in [5.74, 6) is -0.363. The van der Waals surface area contributed by atoms with Crippen molar-refractivity contribution in [1.29, 1.82) is 0 Å². The van der Waals surface area contributed by atoms with Gasteiger partial charge in [-0.05, 0) is 71.1 Å². The first-order valence-corrected chi connectivity index (χ1v) is 16.5. The Balaban J connectivity index is 1.08. The number of halogens is 1. The third-order valence-corrected chi connectivity index (χ3v) is 8.55. The number of carboxylic acid groups (broad SMARTS) is 1. The predicted molar refractivity (Wildman–Crippen MR) is 196 cm³/mol. The van der Waals surface area contributed by atoms with Gasteiger partial charge in [0.15, 0.2) is 11.6 Å². The van der Waals surface area contributed by atoms with E-state index in [4.69, 9.17) is 4.74 Å². The molecule has 2 amide bonds. The lowest BCUT2D eigenvalue weighted by atomic mass is 10.0. The average molecular weight is 698 g/mol. The Hall–Kier alpha value is -6.62. The highest BCUT2D eigenvalue weighted by Gasteiger charge is 2.20. The molecular formula is C41H36FN5O5. The quantitative estimate of drug-likeness (QED) is 0.114. The van der Waals surface area contributed by atoms with Crippen molar-refractivity contribution in [3.05, 3.63) is 143 Å². The van der Waals surface area contributed by atoms with Gasteiger partial charge in [-0.25, -0.2) is 9.37 Å². The third-order valence-electron chi connectivity index (χ3n) is 8.55. The molecule has 0 bridgehead atoms. The number of hydrogen-bond donors (Lipinski definition) is 3. The monoisotopic (exact) mass is 697 g/mol. The van der Waals surface area contributed by atoms with Crippen molar-refractivity contribution < 1.29 is 28.6 Å². The maximum atomic E-state index is 13.5. The van der Waals surface area contributed by atoms with E-state index in [9.17, 15) is 23.9 Å². The summed E-state index contributed by atoms with van der Waals surface area (Å²) in [6, 6.07) is 34.7. The van der Waals surface area contributed by atoms with E-state index >= 15 is 0 Å². The lowest BCUT2D eigenvalue weighted by Crippen LogP contribution is -2.35. The Labute approximate surface area is 299 Å². The van der Waals surface area contributed by atoms with E-state index in [0.29, 0.717) is 34.2 Å². The number of alkyl halides is 1. The molecule has 0 saturated heterocycles. The van der Waals surface area contributed by atoms with Crippen LogP contribution >= 0.6 is 0 Å². The standard InChI is InChI=1S/C41H36FN5O5/c1-26-3-7-28(8-4-26)29-11-13-31(14-12-29)40-44-39(45-46-40)30-9-5-27(6-10-30)24-47(25-38(49)50)41(51)32-15-18-35(19-16-32)43-37(48)22-33-17-20-36(52-2)21-34(33)23-42/h3-21H,22-25H2,1-2H3,(H,43,48)(H,49,50)(H,44,45,46). The molecule has 0 radical (unpaired) electrons. The van der Waals surface area contributed by atoms with Crippen molar-refractivity contribution in [3.63, 3.8) is 0 Å². The highest BCUT2D eigenvalue weighted by Crippen LogP contribution is 2.26. The van der Waals surface area contributed by atoms with Gasteiger partial charge in [-0.2, -0.15) is 5.10 Å². The second-order valence-electron chi connectivity index (χ2n) is 12.3. The number of benzene rings is 5. The lowest BCUT2D eigenvalue weighted by Gasteiger charge is -2.21. The Kier molecular flexibility index (Phi) is 10.8. The SMILES string of the molecule is COc1ccc(CC(=O)Nc2ccc(C(=O)N(CC(=O)O)Cc3ccc(-c4n[nH]c(-c5ccc(-c6ccc(C)cc6)cc5)n4)cc3)cc2)c(CF)c1. The Morgan fingerprint density at radius 2 is 1.44 bits per heavy atom. The summed E-state index contributed by atoms with van der Waals surface area (Å²) in [5, 5.41) is 19.7. The van der Waals surface area contributed by atoms with Gasteiger partial charge in [-0.1, -0.05) is 84.4 Å². The van der Waals surface area contributed by atoms with Crippen molar-refractivity contribution >= 4 is 23.5 Å². The van der Waals surface area contributed by atoms with E-state index in [1.54, 1.807) is 42.5 Å². The van der Waals surface area contributed by atoms with Crippen molar-refractivity contribution in [3.8, 4) is 39.7 Å². The van der Waals surface area contributed by atoms with Crippen LogP contribution in [0.5, 0.6) is 5.75 Å². The number of carbonyl (C=O) groups is 3. The second-order valence-corrected chi connectivity index (χ2v) is 12.3.